The summed E-state index contributed by atoms with van der Waals surface area (Å²) in [6.45, 7) is 0.625. The van der Waals surface area contributed by atoms with Crippen molar-refractivity contribution in [2.24, 2.45) is 17.8 Å². The molecule has 1 aromatic rings. The molecule has 0 aromatic heterocycles. The molecule has 2 fully saturated rings. The number of carbonyl (C=O) groups is 1. The number of halogens is 1. The lowest BCUT2D eigenvalue weighted by Gasteiger charge is -2.21. The van der Waals surface area contributed by atoms with E-state index in [-0.39, 0.29) is 30.2 Å². The van der Waals surface area contributed by atoms with Crippen molar-refractivity contribution in [3.05, 3.63) is 47.8 Å². The van der Waals surface area contributed by atoms with Crippen LogP contribution in [0.5, 0.6) is 0 Å². The van der Waals surface area contributed by atoms with Gasteiger partial charge >= 0.3 is 5.97 Å². The van der Waals surface area contributed by atoms with Crippen molar-refractivity contribution in [2.45, 2.75) is 69.7 Å². The molecular weight excluding hydrogens is 387 g/mol. The number of fused-ring (bicyclic) bond motifs is 1. The Kier molecular flexibility index (Phi) is 8.42. The van der Waals surface area contributed by atoms with Crippen molar-refractivity contribution < 1.29 is 29.2 Å². The van der Waals surface area contributed by atoms with Gasteiger partial charge in [-0.05, 0) is 68.1 Å². The number of aryl methyl sites for hydroxylation is 1. The van der Waals surface area contributed by atoms with Crippen molar-refractivity contribution in [2.75, 3.05) is 6.61 Å². The maximum atomic E-state index is 13.3. The van der Waals surface area contributed by atoms with Gasteiger partial charge < -0.3 is 20.1 Å². The van der Waals surface area contributed by atoms with Gasteiger partial charge in [0, 0.05) is 25.4 Å². The zero-order chi connectivity index (χ0) is 21.5. The second-order valence-corrected chi connectivity index (χ2v) is 8.77. The zero-order valence-corrected chi connectivity index (χ0v) is 17.3. The van der Waals surface area contributed by atoms with Crippen LogP contribution in [0, 0.1) is 23.6 Å². The van der Waals surface area contributed by atoms with E-state index < -0.39 is 18.2 Å². The van der Waals surface area contributed by atoms with Crippen LogP contribution in [0.2, 0.25) is 0 Å². The van der Waals surface area contributed by atoms with Gasteiger partial charge in [-0.25, -0.2) is 4.39 Å². The van der Waals surface area contributed by atoms with Crippen molar-refractivity contribution in [3.8, 4) is 0 Å². The highest BCUT2D eigenvalue weighted by Gasteiger charge is 2.43. The van der Waals surface area contributed by atoms with Gasteiger partial charge in [-0.1, -0.05) is 24.3 Å². The van der Waals surface area contributed by atoms with E-state index in [0.717, 1.165) is 24.8 Å². The molecule has 3 rings (SSSR count). The van der Waals surface area contributed by atoms with Crippen LogP contribution < -0.4 is 0 Å². The number of benzene rings is 1. The zero-order valence-electron chi connectivity index (χ0n) is 17.3. The van der Waals surface area contributed by atoms with Crippen molar-refractivity contribution in [3.63, 3.8) is 0 Å². The summed E-state index contributed by atoms with van der Waals surface area (Å²) in [7, 11) is 0. The molecule has 0 bridgehead atoms. The smallest absolute Gasteiger partial charge is 0.303 e. The Hall–Kier alpha value is -1.76. The molecule has 0 unspecified atom stereocenters. The largest absolute Gasteiger partial charge is 0.481 e. The van der Waals surface area contributed by atoms with Gasteiger partial charge in [0.1, 0.15) is 5.82 Å². The number of aliphatic carboxylic acids is 1. The fraction of sp³-hybridized carbons (Fsp3) is 0.625. The number of carboxylic acids is 1. The van der Waals surface area contributed by atoms with Crippen LogP contribution in [0.4, 0.5) is 4.39 Å². The van der Waals surface area contributed by atoms with Gasteiger partial charge in [0.2, 0.25) is 0 Å². The second kappa shape index (κ2) is 11.0. The first-order valence-electron chi connectivity index (χ1n) is 11.0. The number of carboxylic acid groups (broad SMARTS) is 1. The molecule has 3 N–H and O–H groups in total. The van der Waals surface area contributed by atoms with Gasteiger partial charge in [-0.2, -0.15) is 0 Å². The minimum absolute atomic E-state index is 0.0172. The van der Waals surface area contributed by atoms with Crippen LogP contribution in [0.1, 0.15) is 50.5 Å². The fourth-order valence-electron chi connectivity index (χ4n) is 4.84. The number of aliphatic hydroxyl groups is 2. The first-order chi connectivity index (χ1) is 14.4. The average molecular weight is 421 g/mol. The number of rotatable bonds is 9. The molecule has 6 heteroatoms. The number of ether oxygens (including phenoxy) is 1. The highest BCUT2D eigenvalue weighted by Crippen LogP contribution is 2.42. The molecule has 1 aliphatic heterocycles. The van der Waals surface area contributed by atoms with E-state index in [1.54, 1.807) is 12.1 Å². The molecule has 1 aliphatic carbocycles. The third-order valence-corrected chi connectivity index (χ3v) is 6.52. The molecule has 0 amide bonds. The highest BCUT2D eigenvalue weighted by molar-refractivity contribution is 5.66. The van der Waals surface area contributed by atoms with Crippen LogP contribution in [-0.2, 0) is 16.0 Å². The minimum Gasteiger partial charge on any atom is -0.481 e. The number of hydrogen-bond donors (Lipinski definition) is 3. The molecule has 30 heavy (non-hydrogen) atoms. The SMILES string of the molecule is O=C(O)CCC[C@H]1CC[C@@H]2[C@@H](/C=C/[C@@H](O)CCc3cccc(F)c3)[C@H](O)C[C@@H]2OC1. The Bertz CT molecular complexity index is 721. The Labute approximate surface area is 177 Å². The van der Waals surface area contributed by atoms with Crippen LogP contribution in [0.25, 0.3) is 0 Å². The molecule has 166 valence electrons. The molecular formula is C24H33FO5. The summed E-state index contributed by atoms with van der Waals surface area (Å²) in [5.41, 5.74) is 0.856. The predicted molar refractivity (Wildman–Crippen MR) is 111 cm³/mol. The minimum atomic E-state index is -0.759. The molecule has 0 radical (unpaired) electrons. The second-order valence-electron chi connectivity index (χ2n) is 8.77. The maximum absolute atomic E-state index is 13.3. The van der Waals surface area contributed by atoms with Crippen molar-refractivity contribution in [1.82, 2.24) is 0 Å². The highest BCUT2D eigenvalue weighted by atomic mass is 19.1. The number of hydrogen-bond acceptors (Lipinski definition) is 4. The molecule has 2 aliphatic rings. The van der Waals surface area contributed by atoms with Crippen LogP contribution in [0.3, 0.4) is 0 Å². The van der Waals surface area contributed by atoms with E-state index in [1.165, 1.54) is 12.1 Å². The standard InChI is InChI=1S/C24H33FO5/c25-18-5-1-3-16(13-18)7-9-19(26)10-12-20-21-11-8-17(4-2-6-24(28)29)15-30-23(21)14-22(20)27/h1,3,5,10,12-13,17,19-23,26-27H,2,4,6-9,11,14-15H2,(H,28,29)/b12-10+/t17-,19-,20+,21+,22+,23-/m0/s1. The summed E-state index contributed by atoms with van der Waals surface area (Å²) in [6.07, 6.45) is 7.90. The quantitative estimate of drug-likeness (QED) is 0.530. The molecule has 1 saturated carbocycles. The van der Waals surface area contributed by atoms with Crippen LogP contribution in [0.15, 0.2) is 36.4 Å². The average Bonchev–Trinajstić information content (AvgIpc) is 2.86. The lowest BCUT2D eigenvalue weighted by molar-refractivity contribution is -0.137. The van der Waals surface area contributed by atoms with Crippen molar-refractivity contribution >= 4 is 5.97 Å². The van der Waals surface area contributed by atoms with Gasteiger partial charge in [0.05, 0.1) is 18.3 Å². The molecule has 1 aromatic carbocycles. The maximum Gasteiger partial charge on any atom is 0.303 e. The Morgan fingerprint density at radius 1 is 1.33 bits per heavy atom. The van der Waals surface area contributed by atoms with Crippen LogP contribution >= 0.6 is 0 Å². The van der Waals surface area contributed by atoms with E-state index in [0.29, 0.717) is 38.2 Å². The van der Waals surface area contributed by atoms with Gasteiger partial charge in [0.25, 0.3) is 0 Å². The molecule has 5 nitrogen and oxygen atoms in total. The normalized spacial score (nSPS) is 30.2. The molecule has 6 atom stereocenters. The summed E-state index contributed by atoms with van der Waals surface area (Å²) >= 11 is 0. The van der Waals surface area contributed by atoms with Gasteiger partial charge in [0.15, 0.2) is 0 Å². The Balaban J connectivity index is 1.49. The first kappa shape index (κ1) is 22.9. The summed E-state index contributed by atoms with van der Waals surface area (Å²) in [4.78, 5) is 10.7. The van der Waals surface area contributed by atoms with E-state index in [2.05, 4.69) is 0 Å². The van der Waals surface area contributed by atoms with E-state index in [4.69, 9.17) is 9.84 Å². The summed E-state index contributed by atoms with van der Waals surface area (Å²) in [5, 5.41) is 29.6. The van der Waals surface area contributed by atoms with Crippen molar-refractivity contribution in [1.29, 1.82) is 0 Å². The van der Waals surface area contributed by atoms with Gasteiger partial charge in [-0.15, -0.1) is 0 Å². The van der Waals surface area contributed by atoms with E-state index in [9.17, 15) is 19.4 Å². The molecule has 1 saturated heterocycles. The first-order valence-corrected chi connectivity index (χ1v) is 11.0. The monoisotopic (exact) mass is 420 g/mol. The third kappa shape index (κ3) is 6.62. The number of aliphatic hydroxyl groups excluding tert-OH is 2. The Morgan fingerprint density at radius 2 is 2.17 bits per heavy atom. The lowest BCUT2D eigenvalue weighted by atomic mass is 9.86. The molecule has 1 heterocycles. The summed E-state index contributed by atoms with van der Waals surface area (Å²) < 4.78 is 19.3. The van der Waals surface area contributed by atoms with Gasteiger partial charge in [-0.3, -0.25) is 4.79 Å². The topological polar surface area (TPSA) is 87.0 Å². The summed E-state index contributed by atoms with van der Waals surface area (Å²) in [6, 6.07) is 6.41. The predicted octanol–water partition coefficient (Wildman–Crippen LogP) is 3.72. The van der Waals surface area contributed by atoms with E-state index >= 15 is 0 Å². The lowest BCUT2D eigenvalue weighted by Crippen LogP contribution is -2.21. The summed E-state index contributed by atoms with van der Waals surface area (Å²) in [5.74, 6) is -0.487. The fourth-order valence-corrected chi connectivity index (χ4v) is 4.84. The van der Waals surface area contributed by atoms with E-state index in [1.807, 2.05) is 12.1 Å². The Morgan fingerprint density at radius 3 is 2.93 bits per heavy atom. The molecule has 0 spiro atoms. The van der Waals surface area contributed by atoms with Crippen LogP contribution in [-0.4, -0.2) is 46.2 Å². The third-order valence-electron chi connectivity index (χ3n) is 6.52.